The average molecular weight is 2480 g/mol. The molecule has 0 aliphatic heterocycles. The summed E-state index contributed by atoms with van der Waals surface area (Å²) in [6.45, 7) is 96.4. The van der Waals surface area contributed by atoms with Crippen LogP contribution in [0.5, 0.6) is 0 Å². The monoisotopic (exact) mass is 2480 g/mol. The molecule has 0 heterocycles. The van der Waals surface area contributed by atoms with Gasteiger partial charge in [-0.1, -0.05) is 171 Å². The fraction of sp³-hybridized carbons (Fsp3) is 0.862. The first-order chi connectivity index (χ1) is 53.2. The Morgan fingerprint density at radius 1 is 0.237 bits per heavy atom. The Balaban J connectivity index is -0.0000000577. The summed E-state index contributed by atoms with van der Waals surface area (Å²) in [4.78, 5) is 0. The standard InChI is InChI=1S/C12H29NOSi2.C11H26N2OSi.C9H23NOSi2.C9H21NOSi.C8H20N2OSi.C8H18N2O.2C8H19NOSi.C7H14N2O.C7H17NOSi.10Co/c1-8-16(9-2,10-3)12(4,14)11-13-15(5,6)7;1-7-15(8-2,9-3)11(4,14)10-12-13(5)6;1-9(11,12(2,3)4)8-10-13(5,6)7;1-6-9(11,7-2)8-10-12(3,4)5;1-8(11,12(4,5)6)7-9-10(2)3;1-5-8(11,6-2)7-9-10(3)4;2*1-6-8(2,10)7-9-11(3,4)5;1-5-7(2,10)6-8-9(3)4;1-7(2,9)6-8-10(3,4)5;;;;;;;;;;/h11,14H,8-10H2,1-7H3;10,14H,7-9H2,1-6H3;8,11H,1-7H3;8,11H,6-7H2,1-5H3;7,11H,1-6H3;7,11H,5-6H2,1-4H3;2*7,10H,6H2,1-5H3;5-6,10H,1H2,2-4H3;6,9H,1-5H3;;;;;;;;;;. The summed E-state index contributed by atoms with van der Waals surface area (Å²) in [5.74, 6) is 0. The summed E-state index contributed by atoms with van der Waals surface area (Å²) in [6, 6.07) is 6.70. The molecule has 0 aromatic carbocycles. The Labute approximate surface area is 922 Å². The van der Waals surface area contributed by atoms with Crippen molar-refractivity contribution < 1.29 is 219 Å². The molecular formula is C87H206Co10N14O10Si10. The molecule has 0 aromatic rings. The first-order valence-electron chi connectivity index (χ1n) is 44.3. The van der Waals surface area contributed by atoms with Gasteiger partial charge in [0, 0.05) is 261 Å². The van der Waals surface area contributed by atoms with Crippen molar-refractivity contribution in [2.75, 3.05) is 56.4 Å². The first-order valence-corrected chi connectivity index (χ1v) is 77.3. The van der Waals surface area contributed by atoms with Crippen LogP contribution in [0.1, 0.15) is 184 Å². The smallest absolute Gasteiger partial charge is 0.171 e. The van der Waals surface area contributed by atoms with Gasteiger partial charge in [-0.15, -0.1) is 0 Å². The van der Waals surface area contributed by atoms with Gasteiger partial charge in [0.1, 0.15) is 11.2 Å². The molecule has 7 unspecified atom stereocenters. The largest absolute Gasteiger partial charge is 0.388 e. The van der Waals surface area contributed by atoms with Gasteiger partial charge >= 0.3 is 0 Å². The normalized spacial score (nSPS) is 15.5. The van der Waals surface area contributed by atoms with Crippen LogP contribution in [0.25, 0.3) is 0 Å². The third kappa shape index (κ3) is 110. The van der Waals surface area contributed by atoms with E-state index in [0.29, 0.717) is 12.8 Å². The van der Waals surface area contributed by atoms with Crippen molar-refractivity contribution in [1.82, 2.24) is 20.0 Å². The van der Waals surface area contributed by atoms with E-state index in [4.69, 9.17) is 0 Å². The molecule has 0 rings (SSSR count). The Morgan fingerprint density at radius 3 is 0.595 bits per heavy atom. The maximum absolute atomic E-state index is 10.7. The van der Waals surface area contributed by atoms with Crippen LogP contribution in [-0.2, 0) is 168 Å². The molecule has 44 heteroatoms. The molecule has 0 saturated heterocycles. The van der Waals surface area contributed by atoms with Crippen LogP contribution in [0, 0.1) is 0 Å². The molecule has 0 spiro atoms. The molecule has 0 aliphatic rings. The van der Waals surface area contributed by atoms with Crippen molar-refractivity contribution in [3.8, 4) is 0 Å². The summed E-state index contributed by atoms with van der Waals surface area (Å²) in [5.41, 5.74) is -4.55. The van der Waals surface area contributed by atoms with Crippen molar-refractivity contribution in [3.05, 3.63) is 12.7 Å². The molecule has 0 saturated carbocycles. The van der Waals surface area contributed by atoms with Gasteiger partial charge in [-0.3, -0.25) is 0 Å². The fourth-order valence-electron chi connectivity index (χ4n) is 8.29. The Morgan fingerprint density at radius 2 is 0.412 bits per heavy atom. The van der Waals surface area contributed by atoms with Crippen LogP contribution in [0.15, 0.2) is 61.0 Å². The topological polar surface area (TPSA) is 339 Å². The van der Waals surface area contributed by atoms with Gasteiger partial charge in [-0.05, 0) is 219 Å². The molecule has 24 nitrogen and oxygen atoms in total. The second-order valence-corrected chi connectivity index (χ2v) is 92.9. The summed E-state index contributed by atoms with van der Waals surface area (Å²) in [7, 11) is -0.0554. The van der Waals surface area contributed by atoms with Crippen LogP contribution >= 0.6 is 0 Å². The molecule has 131 heavy (non-hydrogen) atoms. The van der Waals surface area contributed by atoms with Crippen LogP contribution in [-0.4, -0.2) is 326 Å². The summed E-state index contributed by atoms with van der Waals surface area (Å²) in [6.07, 6.45) is 22.6. The van der Waals surface area contributed by atoms with Crippen LogP contribution in [0.3, 0.4) is 0 Å². The first kappa shape index (κ1) is 182. The van der Waals surface area contributed by atoms with Gasteiger partial charge in [0.05, 0.1) is 100 Å². The predicted molar refractivity (Wildman–Crippen MR) is 573 cm³/mol. The number of hydrazone groups is 4. The minimum absolute atomic E-state index is 0. The number of nitrogens with zero attached hydrogens (tertiary/aromatic N) is 14. The van der Waals surface area contributed by atoms with Gasteiger partial charge < -0.3 is 99.0 Å². The van der Waals surface area contributed by atoms with Crippen LogP contribution < -0.4 is 0 Å². The third-order valence-corrected chi connectivity index (χ3v) is 44.5. The van der Waals surface area contributed by atoms with Crippen molar-refractivity contribution in [3.63, 3.8) is 0 Å². The quantitative estimate of drug-likeness (QED) is 0.0120. The number of aliphatic hydroxyl groups is 10. The SMILES string of the molecule is C=CC(C)(O)C=NN(C)C.CC(C)(O)C=N[Si](C)(C)C.CC(O)(C=N[Si](C)(C)C)[Si](C)(C)C.CCC(C)(O)C=N[Si](C)(C)C.CCC(C)(O)C=N[Si](C)(C)C.CCC(O)(C=NN(C)C)CC.CCC(O)(C=N[Si](C)(C)C)CC.CC[Si](CC)(CC)C(C)(O)C=NN(C)C.CC[Si](CC)(CC)C(C)(O)C=N[Si](C)(C)C.CN(C)N=CC(C)(O)[Si](C)(C)C.[Co].[Co].[Co].[Co].[Co].[Co].[Co].[Co].[Co].[Co]. The van der Waals surface area contributed by atoms with E-state index < -0.39 is 136 Å². The number of hydrogen-bond acceptors (Lipinski definition) is 24. The fourth-order valence-corrected chi connectivity index (χ4v) is 21.3. The van der Waals surface area contributed by atoms with Gasteiger partial charge in [0.25, 0.3) is 0 Å². The zero-order valence-corrected chi connectivity index (χ0v) is 113. The van der Waals surface area contributed by atoms with E-state index in [0.717, 1.165) is 61.9 Å². The molecule has 0 aromatic heterocycles. The van der Waals surface area contributed by atoms with Gasteiger partial charge in [-0.25, -0.2) is 0 Å². The van der Waals surface area contributed by atoms with E-state index in [1.165, 1.54) is 12.3 Å². The van der Waals surface area contributed by atoms with E-state index in [2.05, 4.69) is 254 Å². The molecule has 0 fully saturated rings. The van der Waals surface area contributed by atoms with Crippen molar-refractivity contribution in [2.45, 2.75) is 432 Å². The predicted octanol–water partition coefficient (Wildman–Crippen LogP) is 19.4. The summed E-state index contributed by atoms with van der Waals surface area (Å²) >= 11 is 0. The van der Waals surface area contributed by atoms with E-state index >= 15 is 0 Å². The molecule has 0 amide bonds. The molecule has 7 atom stereocenters. The van der Waals surface area contributed by atoms with Crippen molar-refractivity contribution in [1.29, 1.82) is 0 Å². The van der Waals surface area contributed by atoms with Gasteiger partial charge in [-0.2, -0.15) is 20.4 Å². The zero-order chi connectivity index (χ0) is 99.6. The van der Waals surface area contributed by atoms with E-state index in [9.17, 15) is 51.1 Å². The Hall–Kier alpha value is 2.47. The van der Waals surface area contributed by atoms with Gasteiger partial charge in [0.15, 0.2) is 49.4 Å². The Bertz CT molecular complexity index is 2950. The molecule has 814 valence electrons. The minimum Gasteiger partial charge on any atom is -0.388 e. The summed E-state index contributed by atoms with van der Waals surface area (Å²) < 4.78 is 26.6. The minimum atomic E-state index is -1.63. The number of hydrogen-bond donors (Lipinski definition) is 10. The molecular weight excluding hydrogens is 2270 g/mol. The van der Waals surface area contributed by atoms with E-state index in [1.54, 1.807) is 118 Å². The third-order valence-electron chi connectivity index (χ3n) is 20.0. The van der Waals surface area contributed by atoms with E-state index in [1.807, 2.05) is 118 Å². The second-order valence-electron chi connectivity index (χ2n) is 42.8. The maximum atomic E-state index is 10.7. The summed E-state index contributed by atoms with van der Waals surface area (Å²) in [5, 5.41) is 119. The number of rotatable bonds is 37. The average Bonchev–Trinajstić information content (AvgIpc) is 0.804. The van der Waals surface area contributed by atoms with E-state index in [-0.39, 0.29) is 168 Å². The zero-order valence-electron chi connectivity index (χ0n) is 92.6. The maximum Gasteiger partial charge on any atom is 0.171 e. The van der Waals surface area contributed by atoms with Crippen molar-refractivity contribution in [2.24, 2.45) is 48.4 Å². The Kier molecular flexibility index (Phi) is 113. The van der Waals surface area contributed by atoms with Crippen LogP contribution in [0.4, 0.5) is 0 Å². The second kappa shape index (κ2) is 81.6. The molecule has 10 radical (unpaired) electrons. The molecule has 10 N–H and O–H groups in total. The van der Waals surface area contributed by atoms with Crippen LogP contribution in [0.2, 0.25) is 193 Å². The van der Waals surface area contributed by atoms with Crippen molar-refractivity contribution >= 4 is 144 Å². The molecule has 0 aliphatic carbocycles. The molecule has 0 bridgehead atoms. The van der Waals surface area contributed by atoms with Gasteiger partial charge in [0.2, 0.25) is 0 Å².